The van der Waals surface area contributed by atoms with Crippen molar-refractivity contribution in [2.45, 2.75) is 70.4 Å². The lowest BCUT2D eigenvalue weighted by atomic mass is 9.50. The van der Waals surface area contributed by atoms with Gasteiger partial charge in [-0.3, -0.25) is 24.9 Å². The molecule has 0 unspecified atom stereocenters. The smallest absolute Gasteiger partial charge is 0.306 e. The van der Waals surface area contributed by atoms with Crippen LogP contribution in [-0.4, -0.2) is 20.5 Å². The molecule has 3 aliphatic carbocycles. The van der Waals surface area contributed by atoms with Gasteiger partial charge in [0.25, 0.3) is 5.69 Å². The number of aromatic nitrogens is 2. The quantitative estimate of drug-likeness (QED) is 0.327. The molecule has 1 aromatic heterocycles. The molecule has 0 spiro atoms. The summed E-state index contributed by atoms with van der Waals surface area (Å²) >= 11 is 0. The van der Waals surface area contributed by atoms with Gasteiger partial charge in [0, 0.05) is 27.8 Å². The summed E-state index contributed by atoms with van der Waals surface area (Å²) < 4.78 is 4.79. The highest BCUT2D eigenvalue weighted by molar-refractivity contribution is 5.40. The lowest BCUT2D eigenvalue weighted by molar-refractivity contribution is -0.811. The number of allylic oxidation sites excluding steroid dienone is 2. The molecule has 4 rings (SSSR count). The van der Waals surface area contributed by atoms with Crippen LogP contribution in [-0.2, 0) is 5.54 Å². The minimum Gasteiger partial charge on any atom is -0.359 e. The molecular weight excluding hydrogens is 368 g/mol. The Morgan fingerprint density at radius 3 is 2.21 bits per heavy atom. The second-order valence-electron chi connectivity index (χ2n) is 8.58. The highest BCUT2D eigenvalue weighted by Gasteiger charge is 2.79. The predicted octanol–water partition coefficient (Wildman–Crippen LogP) is 2.77. The second-order valence-corrected chi connectivity index (χ2v) is 8.58. The van der Waals surface area contributed by atoms with Crippen molar-refractivity contribution in [3.63, 3.8) is 0 Å². The standard InChI is InChI=1S/C18H22N4O6/c1-9-5-13-15-16(19-28-20(15)23)18(22(26)27)8-12(4)10(2)6-14(18)17(13,21(24)25)7-11(9)3/h13-14H,5-8H2,1-4H3/t13-,14+,17+,18-/m0/s1. The zero-order chi connectivity index (χ0) is 20.6. The molecule has 150 valence electrons. The van der Waals surface area contributed by atoms with Crippen LogP contribution in [0.4, 0.5) is 0 Å². The molecule has 1 aromatic rings. The molecular formula is C18H22N4O6. The van der Waals surface area contributed by atoms with E-state index in [1.165, 1.54) is 0 Å². The third-order valence-electron chi connectivity index (χ3n) is 7.40. The average molecular weight is 390 g/mol. The molecule has 10 nitrogen and oxygen atoms in total. The van der Waals surface area contributed by atoms with Crippen LogP contribution in [0, 0.1) is 31.4 Å². The summed E-state index contributed by atoms with van der Waals surface area (Å²) in [6.45, 7) is 7.37. The summed E-state index contributed by atoms with van der Waals surface area (Å²) in [4.78, 5) is 24.4. The second kappa shape index (κ2) is 5.62. The molecule has 0 radical (unpaired) electrons. The summed E-state index contributed by atoms with van der Waals surface area (Å²) in [6, 6.07) is 0. The highest BCUT2D eigenvalue weighted by Crippen LogP contribution is 2.63. The van der Waals surface area contributed by atoms with Gasteiger partial charge in [-0.15, -0.1) is 0 Å². The van der Waals surface area contributed by atoms with E-state index in [4.69, 9.17) is 4.63 Å². The summed E-state index contributed by atoms with van der Waals surface area (Å²) in [5.41, 5.74) is -0.0443. The third kappa shape index (κ3) is 1.97. The minimum atomic E-state index is -1.84. The predicted molar refractivity (Wildman–Crippen MR) is 95.3 cm³/mol. The van der Waals surface area contributed by atoms with Gasteiger partial charge in [-0.2, -0.15) is 0 Å². The van der Waals surface area contributed by atoms with Crippen molar-refractivity contribution in [3.05, 3.63) is 59.1 Å². The van der Waals surface area contributed by atoms with Crippen LogP contribution in [0.15, 0.2) is 26.9 Å². The number of nitrogens with zero attached hydrogens (tertiary/aromatic N) is 4. The molecule has 0 saturated heterocycles. The van der Waals surface area contributed by atoms with Crippen LogP contribution in [0.3, 0.4) is 0 Å². The molecule has 3 aliphatic rings. The maximum atomic E-state index is 12.6. The third-order valence-corrected chi connectivity index (χ3v) is 7.40. The van der Waals surface area contributed by atoms with Crippen LogP contribution in [0.25, 0.3) is 0 Å². The zero-order valence-electron chi connectivity index (χ0n) is 16.2. The Balaban J connectivity index is 2.13. The molecule has 4 atom stereocenters. The van der Waals surface area contributed by atoms with Crippen molar-refractivity contribution in [1.82, 2.24) is 5.16 Å². The average Bonchev–Trinajstić information content (AvgIpc) is 3.00. The van der Waals surface area contributed by atoms with Crippen LogP contribution >= 0.6 is 0 Å². The van der Waals surface area contributed by atoms with E-state index in [2.05, 4.69) is 5.16 Å². The van der Waals surface area contributed by atoms with E-state index in [0.717, 1.165) is 22.3 Å². The normalized spacial score (nSPS) is 34.6. The SMILES string of the molecule is CC1=C(C)C[C@@]2([N+](=O)[O-])c3no[n+]([O-])c3[C@@H]3CC(C)=C(C)C[C@]3([N+](=O)[O-])[C@H]2C1. The van der Waals surface area contributed by atoms with Crippen molar-refractivity contribution >= 4 is 0 Å². The van der Waals surface area contributed by atoms with E-state index < -0.39 is 27.8 Å². The first-order valence-corrected chi connectivity index (χ1v) is 9.26. The van der Waals surface area contributed by atoms with Gasteiger partial charge in [0.2, 0.25) is 11.2 Å². The Kier molecular flexibility index (Phi) is 3.73. The zero-order valence-corrected chi connectivity index (χ0v) is 16.2. The molecule has 1 heterocycles. The molecule has 28 heavy (non-hydrogen) atoms. The van der Waals surface area contributed by atoms with Gasteiger partial charge in [-0.25, -0.2) is 0 Å². The lowest BCUT2D eigenvalue weighted by Gasteiger charge is -2.49. The van der Waals surface area contributed by atoms with Crippen LogP contribution in [0.1, 0.15) is 70.7 Å². The fraction of sp³-hybridized carbons (Fsp3) is 0.667. The van der Waals surface area contributed by atoms with Crippen molar-refractivity contribution in [3.8, 4) is 0 Å². The highest BCUT2D eigenvalue weighted by atomic mass is 16.8. The Hall–Kier alpha value is -2.78. The summed E-state index contributed by atoms with van der Waals surface area (Å²) in [7, 11) is 0. The number of nitro groups is 2. The molecule has 0 saturated carbocycles. The van der Waals surface area contributed by atoms with E-state index >= 15 is 0 Å². The van der Waals surface area contributed by atoms with Gasteiger partial charge in [-0.05, 0) is 45.4 Å². The fourth-order valence-corrected chi connectivity index (χ4v) is 5.67. The Bertz CT molecular complexity index is 979. The van der Waals surface area contributed by atoms with E-state index in [0.29, 0.717) is 0 Å². The van der Waals surface area contributed by atoms with Gasteiger partial charge in [0.05, 0.1) is 0 Å². The molecule has 0 bridgehead atoms. The Morgan fingerprint density at radius 1 is 1.00 bits per heavy atom. The maximum absolute atomic E-state index is 12.6. The first kappa shape index (κ1) is 18.6. The van der Waals surface area contributed by atoms with E-state index in [-0.39, 0.29) is 46.9 Å². The van der Waals surface area contributed by atoms with Crippen LogP contribution < -0.4 is 4.90 Å². The van der Waals surface area contributed by atoms with E-state index in [9.17, 15) is 25.4 Å². The summed E-state index contributed by atoms with van der Waals surface area (Å²) in [5, 5.41) is 41.3. The summed E-state index contributed by atoms with van der Waals surface area (Å²) in [6.07, 6.45) is 0.574. The number of rotatable bonds is 2. The van der Waals surface area contributed by atoms with Crippen LogP contribution in [0.2, 0.25) is 0 Å². The van der Waals surface area contributed by atoms with Gasteiger partial charge in [0.1, 0.15) is 11.8 Å². The first-order chi connectivity index (χ1) is 13.1. The van der Waals surface area contributed by atoms with Gasteiger partial charge in [0.15, 0.2) is 0 Å². The van der Waals surface area contributed by atoms with Crippen LogP contribution in [0.5, 0.6) is 0 Å². The molecule has 0 fully saturated rings. The van der Waals surface area contributed by atoms with E-state index in [1.807, 2.05) is 20.8 Å². The Morgan fingerprint density at radius 2 is 1.61 bits per heavy atom. The van der Waals surface area contributed by atoms with Gasteiger partial charge < -0.3 is 5.21 Å². The molecule has 0 N–H and O–H groups in total. The van der Waals surface area contributed by atoms with Crippen molar-refractivity contribution < 1.29 is 19.4 Å². The topological polar surface area (TPSA) is 139 Å². The Labute approximate surface area is 160 Å². The van der Waals surface area contributed by atoms with E-state index in [1.54, 1.807) is 6.92 Å². The minimum absolute atomic E-state index is 0.0138. The summed E-state index contributed by atoms with van der Waals surface area (Å²) in [5.74, 6) is -1.73. The molecule has 10 heteroatoms. The van der Waals surface area contributed by atoms with Gasteiger partial charge >= 0.3 is 5.54 Å². The van der Waals surface area contributed by atoms with Crippen molar-refractivity contribution in [1.29, 1.82) is 0 Å². The fourth-order valence-electron chi connectivity index (χ4n) is 5.67. The largest absolute Gasteiger partial charge is 0.359 e. The first-order valence-electron chi connectivity index (χ1n) is 9.26. The molecule has 0 aromatic carbocycles. The monoisotopic (exact) mass is 390 g/mol. The van der Waals surface area contributed by atoms with Crippen molar-refractivity contribution in [2.24, 2.45) is 5.92 Å². The maximum Gasteiger partial charge on any atom is 0.306 e. The molecule has 0 amide bonds. The number of hydrogen-bond donors (Lipinski definition) is 0. The number of hydrogen-bond acceptors (Lipinski definition) is 7. The van der Waals surface area contributed by atoms with Gasteiger partial charge in [-0.1, -0.05) is 22.3 Å². The molecule has 0 aliphatic heterocycles. The lowest BCUT2D eigenvalue weighted by Crippen LogP contribution is -2.67. The number of fused-ring (bicyclic) bond motifs is 6. The van der Waals surface area contributed by atoms with Crippen molar-refractivity contribution in [2.75, 3.05) is 0 Å².